The van der Waals surface area contributed by atoms with E-state index in [1.807, 2.05) is 36.6 Å². The largest absolute Gasteiger partial charge is 0.383 e. The minimum absolute atomic E-state index is 0.0118. The number of nitrogen functional groups attached to an aromatic ring is 1. The van der Waals surface area contributed by atoms with Crippen molar-refractivity contribution in [3.05, 3.63) is 75.6 Å². The molecule has 2 aromatic carbocycles. The first-order valence-electron chi connectivity index (χ1n) is 8.34. The maximum absolute atomic E-state index is 12.6. The van der Waals surface area contributed by atoms with Gasteiger partial charge < -0.3 is 5.73 Å². The first-order valence-corrected chi connectivity index (χ1v) is 14.0. The highest BCUT2D eigenvalue weighted by atomic mass is 79.9. The summed E-state index contributed by atoms with van der Waals surface area (Å²) in [7, 11) is -4.63. The Balaban J connectivity index is 0.000000248. The first kappa shape index (κ1) is 24.8. The van der Waals surface area contributed by atoms with Crippen LogP contribution in [0, 0.1) is 5.41 Å². The standard InChI is InChI=1S/C12H11BrN2OS3.C7H9NO2S/c1-17-12-10(6-9(18-12)11(14)15)19(16)8-4-2-3-7(13)5-8;8-11(9,10)6-7-4-2-1-3-5-7/h2-6H,1H3,(H3,14,15);1-5H,6H2,(H2,8,9,10). The second-order valence-corrected chi connectivity index (χ2v) is 12.0. The first-order chi connectivity index (χ1) is 14.1. The smallest absolute Gasteiger partial charge is 0.213 e. The monoisotopic (exact) mass is 545 g/mol. The lowest BCUT2D eigenvalue weighted by Gasteiger charge is -2.02. The molecule has 1 heterocycles. The van der Waals surface area contributed by atoms with Gasteiger partial charge in [0.05, 0.1) is 30.5 Å². The number of primary sulfonamides is 1. The zero-order valence-electron chi connectivity index (χ0n) is 15.9. The number of thioether (sulfide) groups is 1. The number of hydrogen-bond donors (Lipinski definition) is 3. The fourth-order valence-electron chi connectivity index (χ4n) is 2.28. The Morgan fingerprint density at radius 2 is 1.83 bits per heavy atom. The molecule has 1 atom stereocenters. The van der Waals surface area contributed by atoms with Crippen LogP contribution >= 0.6 is 39.0 Å². The van der Waals surface area contributed by atoms with E-state index in [2.05, 4.69) is 15.9 Å². The zero-order chi connectivity index (χ0) is 22.3. The number of rotatable bonds is 6. The molecule has 0 aliphatic carbocycles. The lowest BCUT2D eigenvalue weighted by Crippen LogP contribution is -2.14. The Hall–Kier alpha value is -1.50. The van der Waals surface area contributed by atoms with Crippen molar-refractivity contribution in [1.82, 2.24) is 0 Å². The molecule has 30 heavy (non-hydrogen) atoms. The van der Waals surface area contributed by atoms with Crippen molar-refractivity contribution in [3.63, 3.8) is 0 Å². The van der Waals surface area contributed by atoms with Crippen LogP contribution in [0.25, 0.3) is 0 Å². The lowest BCUT2D eigenvalue weighted by atomic mass is 10.2. The van der Waals surface area contributed by atoms with Crippen molar-refractivity contribution in [3.8, 4) is 0 Å². The summed E-state index contributed by atoms with van der Waals surface area (Å²) in [5, 5.41) is 12.3. The predicted octanol–water partition coefficient (Wildman–Crippen LogP) is 4.16. The van der Waals surface area contributed by atoms with Gasteiger partial charge in [-0.15, -0.1) is 23.1 Å². The van der Waals surface area contributed by atoms with Crippen LogP contribution in [-0.4, -0.2) is 24.7 Å². The molecular formula is C19H20BrN3O3S4. The average molecular weight is 547 g/mol. The molecule has 11 heteroatoms. The SMILES string of the molecule is CSc1sc(C(=N)N)cc1S(=O)c1cccc(Br)c1.NS(=O)(=O)Cc1ccccc1. The zero-order valence-corrected chi connectivity index (χ0v) is 20.7. The molecule has 3 rings (SSSR count). The van der Waals surface area contributed by atoms with E-state index in [0.717, 1.165) is 24.0 Å². The maximum atomic E-state index is 12.6. The van der Waals surface area contributed by atoms with Crippen LogP contribution in [0.4, 0.5) is 0 Å². The normalized spacial score (nSPS) is 12.0. The molecule has 1 unspecified atom stereocenters. The van der Waals surface area contributed by atoms with Crippen LogP contribution in [0.1, 0.15) is 10.4 Å². The number of nitrogens with one attached hydrogen (secondary N) is 1. The molecule has 0 radical (unpaired) electrons. The summed E-state index contributed by atoms with van der Waals surface area (Å²) in [4.78, 5) is 2.11. The second kappa shape index (κ2) is 11.2. The third-order valence-electron chi connectivity index (χ3n) is 3.54. The molecule has 1 aromatic heterocycles. The van der Waals surface area contributed by atoms with E-state index in [9.17, 15) is 12.6 Å². The van der Waals surface area contributed by atoms with Crippen LogP contribution in [0.15, 0.2) is 79.1 Å². The van der Waals surface area contributed by atoms with Crippen molar-refractivity contribution < 1.29 is 12.6 Å². The summed E-state index contributed by atoms with van der Waals surface area (Å²) in [6.45, 7) is 0. The molecule has 0 aliphatic heterocycles. The van der Waals surface area contributed by atoms with Gasteiger partial charge in [-0.1, -0.05) is 52.3 Å². The van der Waals surface area contributed by atoms with E-state index in [1.54, 1.807) is 30.3 Å². The molecule has 0 saturated heterocycles. The number of amidine groups is 1. The van der Waals surface area contributed by atoms with E-state index in [0.29, 0.717) is 4.88 Å². The summed E-state index contributed by atoms with van der Waals surface area (Å²) in [5.74, 6) is -0.0776. The van der Waals surface area contributed by atoms with Crippen LogP contribution in [0.3, 0.4) is 0 Å². The Kier molecular flexibility index (Phi) is 9.26. The fourth-order valence-corrected chi connectivity index (χ4v) is 6.96. The van der Waals surface area contributed by atoms with Gasteiger partial charge in [-0.05, 0) is 36.1 Å². The summed E-state index contributed by atoms with van der Waals surface area (Å²) < 4.78 is 35.6. The molecule has 5 N–H and O–H groups in total. The molecule has 6 nitrogen and oxygen atoms in total. The van der Waals surface area contributed by atoms with Gasteiger partial charge >= 0.3 is 0 Å². The Labute approximate surface area is 195 Å². The van der Waals surface area contributed by atoms with E-state index >= 15 is 0 Å². The highest BCUT2D eigenvalue weighted by Gasteiger charge is 2.17. The van der Waals surface area contributed by atoms with E-state index < -0.39 is 20.8 Å². The van der Waals surface area contributed by atoms with E-state index in [-0.39, 0.29) is 11.6 Å². The summed E-state index contributed by atoms with van der Waals surface area (Å²) in [6.07, 6.45) is 1.93. The fraction of sp³-hybridized carbons (Fsp3) is 0.105. The highest BCUT2D eigenvalue weighted by molar-refractivity contribution is 9.10. The van der Waals surface area contributed by atoms with Gasteiger partial charge in [0.2, 0.25) is 10.0 Å². The molecule has 0 fully saturated rings. The minimum Gasteiger partial charge on any atom is -0.383 e. The van der Waals surface area contributed by atoms with Gasteiger partial charge in [-0.25, -0.2) is 17.8 Å². The number of halogens is 1. The van der Waals surface area contributed by atoms with Gasteiger partial charge in [0, 0.05) is 9.37 Å². The van der Waals surface area contributed by atoms with Gasteiger partial charge in [0.1, 0.15) is 5.84 Å². The third kappa shape index (κ3) is 7.64. The van der Waals surface area contributed by atoms with E-state index in [1.165, 1.54) is 23.1 Å². The van der Waals surface area contributed by atoms with Crippen LogP contribution in [-0.2, 0) is 26.6 Å². The molecule has 0 saturated carbocycles. The third-order valence-corrected chi connectivity index (χ3v) is 8.73. The van der Waals surface area contributed by atoms with Gasteiger partial charge in [-0.3, -0.25) is 5.41 Å². The second-order valence-electron chi connectivity index (χ2n) is 5.90. The Morgan fingerprint density at radius 3 is 2.37 bits per heavy atom. The van der Waals surface area contributed by atoms with Crippen molar-refractivity contribution in [1.29, 1.82) is 5.41 Å². The molecule has 0 amide bonds. The number of benzene rings is 2. The Morgan fingerprint density at radius 1 is 1.17 bits per heavy atom. The Bertz CT molecular complexity index is 1150. The molecule has 0 bridgehead atoms. The number of thiophene rings is 1. The minimum atomic E-state index is -3.38. The predicted molar refractivity (Wildman–Crippen MR) is 129 cm³/mol. The van der Waals surface area contributed by atoms with E-state index in [4.69, 9.17) is 16.3 Å². The van der Waals surface area contributed by atoms with Crippen LogP contribution < -0.4 is 10.9 Å². The van der Waals surface area contributed by atoms with Crippen molar-refractivity contribution in [2.24, 2.45) is 10.9 Å². The molecule has 160 valence electrons. The van der Waals surface area contributed by atoms with Crippen LogP contribution in [0.2, 0.25) is 0 Å². The summed E-state index contributed by atoms with van der Waals surface area (Å²) >= 11 is 6.30. The van der Waals surface area contributed by atoms with Crippen molar-refractivity contribution in [2.75, 3.05) is 6.26 Å². The highest BCUT2D eigenvalue weighted by Crippen LogP contribution is 2.35. The quantitative estimate of drug-likeness (QED) is 0.243. The van der Waals surface area contributed by atoms with Gasteiger partial charge in [0.15, 0.2) is 0 Å². The summed E-state index contributed by atoms with van der Waals surface area (Å²) in [5.41, 5.74) is 6.21. The lowest BCUT2D eigenvalue weighted by molar-refractivity contribution is 0.597. The molecular weight excluding hydrogens is 526 g/mol. The van der Waals surface area contributed by atoms with Gasteiger partial charge in [0.25, 0.3) is 0 Å². The maximum Gasteiger partial charge on any atom is 0.213 e. The molecule has 0 spiro atoms. The number of hydrogen-bond acceptors (Lipinski definition) is 6. The topological polar surface area (TPSA) is 127 Å². The number of sulfonamides is 1. The van der Waals surface area contributed by atoms with Crippen LogP contribution in [0.5, 0.6) is 0 Å². The number of nitrogens with two attached hydrogens (primary N) is 2. The van der Waals surface area contributed by atoms with Gasteiger partial charge in [-0.2, -0.15) is 0 Å². The van der Waals surface area contributed by atoms with Crippen molar-refractivity contribution >= 4 is 65.7 Å². The molecule has 0 aliphatic rings. The van der Waals surface area contributed by atoms with Crippen molar-refractivity contribution in [2.45, 2.75) is 19.8 Å². The molecule has 3 aromatic rings. The average Bonchev–Trinajstić information content (AvgIpc) is 3.12. The summed E-state index contributed by atoms with van der Waals surface area (Å²) in [6, 6.07) is 18.0.